The summed E-state index contributed by atoms with van der Waals surface area (Å²) in [6, 6.07) is 14.3. The minimum Gasteiger partial charge on any atom is -0.337 e. The number of hydrogen-bond donors (Lipinski definition) is 1. The summed E-state index contributed by atoms with van der Waals surface area (Å²) < 4.78 is 33.2. The van der Waals surface area contributed by atoms with Gasteiger partial charge in [-0.3, -0.25) is 9.88 Å². The second-order valence-corrected chi connectivity index (χ2v) is 8.68. The number of hydrogen-bond acceptors (Lipinski definition) is 7. The van der Waals surface area contributed by atoms with Gasteiger partial charge in [0.1, 0.15) is 5.69 Å². The van der Waals surface area contributed by atoms with Crippen LogP contribution in [-0.2, 0) is 15.8 Å². The standard InChI is InChI=1S/C19H21N5O3S/c1-24-12-15(23-28(25,26)13-14-7-3-2-4-8-14)11-17(24)19-21-18(22-27-19)16-9-5-6-10-20-16/h2-10,15,17,23H,11-13H2,1H3. The molecule has 3 aromatic rings. The Labute approximate surface area is 163 Å². The third-order valence-corrected chi connectivity index (χ3v) is 6.12. The lowest BCUT2D eigenvalue weighted by molar-refractivity contribution is 0.244. The smallest absolute Gasteiger partial charge is 0.244 e. The first kappa shape index (κ1) is 18.7. The molecule has 1 saturated heterocycles. The number of likely N-dealkylation sites (N-methyl/N-ethyl adjacent to an activating group) is 1. The quantitative estimate of drug-likeness (QED) is 0.676. The van der Waals surface area contributed by atoms with E-state index < -0.39 is 10.0 Å². The fourth-order valence-electron chi connectivity index (χ4n) is 3.43. The fraction of sp³-hybridized carbons (Fsp3) is 0.316. The van der Waals surface area contributed by atoms with Gasteiger partial charge in [0.25, 0.3) is 0 Å². The van der Waals surface area contributed by atoms with Crippen LogP contribution in [0.3, 0.4) is 0 Å². The van der Waals surface area contributed by atoms with E-state index in [1.807, 2.05) is 48.3 Å². The second kappa shape index (κ2) is 7.78. The Morgan fingerprint density at radius 3 is 2.71 bits per heavy atom. The Morgan fingerprint density at radius 2 is 1.96 bits per heavy atom. The average Bonchev–Trinajstić information content (AvgIpc) is 3.29. The molecular formula is C19H21N5O3S. The summed E-state index contributed by atoms with van der Waals surface area (Å²) in [5.41, 5.74) is 1.40. The van der Waals surface area contributed by atoms with E-state index in [9.17, 15) is 8.42 Å². The lowest BCUT2D eigenvalue weighted by Crippen LogP contribution is -2.37. The van der Waals surface area contributed by atoms with Crippen LogP contribution in [0.2, 0.25) is 0 Å². The van der Waals surface area contributed by atoms with E-state index >= 15 is 0 Å². The lowest BCUT2D eigenvalue weighted by atomic mass is 10.2. The molecule has 1 N–H and O–H groups in total. The molecule has 0 amide bonds. The van der Waals surface area contributed by atoms with Crippen molar-refractivity contribution in [3.8, 4) is 11.5 Å². The van der Waals surface area contributed by atoms with Gasteiger partial charge in [-0.1, -0.05) is 41.6 Å². The Kier molecular flexibility index (Phi) is 5.21. The van der Waals surface area contributed by atoms with Gasteiger partial charge in [0.05, 0.1) is 11.8 Å². The summed E-state index contributed by atoms with van der Waals surface area (Å²) in [5.74, 6) is 0.855. The van der Waals surface area contributed by atoms with Crippen molar-refractivity contribution in [3.63, 3.8) is 0 Å². The Bertz CT molecular complexity index is 1020. The monoisotopic (exact) mass is 399 g/mol. The van der Waals surface area contributed by atoms with Gasteiger partial charge in [-0.15, -0.1) is 0 Å². The molecule has 146 valence electrons. The number of likely N-dealkylation sites (tertiary alicyclic amines) is 1. The highest BCUT2D eigenvalue weighted by atomic mass is 32.2. The summed E-state index contributed by atoms with van der Waals surface area (Å²) in [5, 5.41) is 4.01. The topological polar surface area (TPSA) is 101 Å². The van der Waals surface area contributed by atoms with E-state index in [0.29, 0.717) is 30.4 Å². The first-order valence-electron chi connectivity index (χ1n) is 8.99. The molecule has 9 heteroatoms. The maximum absolute atomic E-state index is 12.5. The first-order chi connectivity index (χ1) is 13.5. The molecule has 2 atom stereocenters. The zero-order valence-electron chi connectivity index (χ0n) is 15.4. The summed E-state index contributed by atoms with van der Waals surface area (Å²) in [6.45, 7) is 0.569. The van der Waals surface area contributed by atoms with Crippen LogP contribution in [0, 0.1) is 0 Å². The van der Waals surface area contributed by atoms with E-state index in [2.05, 4.69) is 19.8 Å². The van der Waals surface area contributed by atoms with E-state index in [1.54, 1.807) is 18.3 Å². The third-order valence-electron chi connectivity index (χ3n) is 4.71. The molecule has 0 saturated carbocycles. The van der Waals surface area contributed by atoms with Crippen molar-refractivity contribution in [1.29, 1.82) is 0 Å². The molecule has 1 aliphatic heterocycles. The third kappa shape index (κ3) is 4.27. The number of pyridine rings is 1. The molecule has 0 aliphatic carbocycles. The van der Waals surface area contributed by atoms with Crippen molar-refractivity contribution >= 4 is 10.0 Å². The Morgan fingerprint density at radius 1 is 1.18 bits per heavy atom. The van der Waals surface area contributed by atoms with Crippen molar-refractivity contribution in [2.75, 3.05) is 13.6 Å². The summed E-state index contributed by atoms with van der Waals surface area (Å²) in [6.07, 6.45) is 2.24. The van der Waals surface area contributed by atoms with Gasteiger partial charge in [0.15, 0.2) is 0 Å². The van der Waals surface area contributed by atoms with Crippen LogP contribution in [0.5, 0.6) is 0 Å². The lowest BCUT2D eigenvalue weighted by Gasteiger charge is -2.14. The van der Waals surface area contributed by atoms with Crippen LogP contribution in [0.4, 0.5) is 0 Å². The van der Waals surface area contributed by atoms with Gasteiger partial charge < -0.3 is 4.52 Å². The predicted octanol–water partition coefficient (Wildman–Crippen LogP) is 2.00. The molecule has 1 fully saturated rings. The molecule has 8 nitrogen and oxygen atoms in total. The van der Waals surface area contributed by atoms with Crippen molar-refractivity contribution in [1.82, 2.24) is 24.7 Å². The van der Waals surface area contributed by atoms with E-state index in [1.165, 1.54) is 0 Å². The van der Waals surface area contributed by atoms with Gasteiger partial charge in [0, 0.05) is 18.8 Å². The Hall–Kier alpha value is -2.62. The molecule has 4 rings (SSSR count). The van der Waals surface area contributed by atoms with Crippen molar-refractivity contribution in [2.45, 2.75) is 24.3 Å². The molecule has 1 aliphatic rings. The molecule has 1 aromatic carbocycles. The SMILES string of the molecule is CN1CC(NS(=O)(=O)Cc2ccccc2)CC1c1nc(-c2ccccn2)no1. The maximum Gasteiger partial charge on any atom is 0.244 e. The fourth-order valence-corrected chi connectivity index (χ4v) is 4.83. The first-order valence-corrected chi connectivity index (χ1v) is 10.6. The predicted molar refractivity (Wildman–Crippen MR) is 104 cm³/mol. The molecule has 3 heterocycles. The van der Waals surface area contributed by atoms with Gasteiger partial charge >= 0.3 is 0 Å². The zero-order valence-corrected chi connectivity index (χ0v) is 16.2. The number of benzene rings is 1. The normalized spacial score (nSPS) is 20.5. The minimum atomic E-state index is -3.44. The number of aromatic nitrogens is 3. The van der Waals surface area contributed by atoms with Gasteiger partial charge in [-0.05, 0) is 31.2 Å². The second-order valence-electron chi connectivity index (χ2n) is 6.92. The molecule has 0 bridgehead atoms. The van der Waals surface area contributed by atoms with Crippen molar-refractivity contribution in [3.05, 3.63) is 66.2 Å². The molecular weight excluding hydrogens is 378 g/mol. The van der Waals surface area contributed by atoms with Gasteiger partial charge in [-0.25, -0.2) is 13.1 Å². The number of sulfonamides is 1. The molecule has 2 aromatic heterocycles. The van der Waals surface area contributed by atoms with Gasteiger partial charge in [0.2, 0.25) is 21.7 Å². The molecule has 2 unspecified atom stereocenters. The summed E-state index contributed by atoms with van der Waals surface area (Å²) >= 11 is 0. The highest BCUT2D eigenvalue weighted by molar-refractivity contribution is 7.88. The zero-order chi connectivity index (χ0) is 19.6. The van der Waals surface area contributed by atoms with Crippen LogP contribution in [0.25, 0.3) is 11.5 Å². The Balaban J connectivity index is 1.43. The minimum absolute atomic E-state index is 0.0386. The number of rotatable bonds is 6. The van der Waals surface area contributed by atoms with Gasteiger partial charge in [-0.2, -0.15) is 4.98 Å². The molecule has 28 heavy (non-hydrogen) atoms. The summed E-state index contributed by atoms with van der Waals surface area (Å²) in [4.78, 5) is 10.7. The van der Waals surface area contributed by atoms with E-state index in [-0.39, 0.29) is 17.8 Å². The van der Waals surface area contributed by atoms with E-state index in [4.69, 9.17) is 4.52 Å². The maximum atomic E-state index is 12.5. The largest absolute Gasteiger partial charge is 0.337 e. The van der Waals surface area contributed by atoms with Crippen molar-refractivity contribution in [2.24, 2.45) is 0 Å². The van der Waals surface area contributed by atoms with Crippen LogP contribution >= 0.6 is 0 Å². The van der Waals surface area contributed by atoms with E-state index in [0.717, 1.165) is 5.56 Å². The summed E-state index contributed by atoms with van der Waals surface area (Å²) in [7, 11) is -1.52. The van der Waals surface area contributed by atoms with Crippen LogP contribution in [0.15, 0.2) is 59.3 Å². The molecule has 0 spiro atoms. The number of nitrogens with zero attached hydrogens (tertiary/aromatic N) is 4. The highest BCUT2D eigenvalue weighted by Gasteiger charge is 2.36. The average molecular weight is 399 g/mol. The molecule has 0 radical (unpaired) electrons. The highest BCUT2D eigenvalue weighted by Crippen LogP contribution is 2.31. The van der Waals surface area contributed by atoms with Crippen LogP contribution in [0.1, 0.15) is 23.9 Å². The van der Waals surface area contributed by atoms with Crippen molar-refractivity contribution < 1.29 is 12.9 Å². The van der Waals surface area contributed by atoms with Crippen LogP contribution < -0.4 is 4.72 Å². The van der Waals surface area contributed by atoms with Crippen LogP contribution in [-0.4, -0.2) is 48.1 Å². The number of nitrogens with one attached hydrogen (secondary N) is 1.